The number of aryl methyl sites for hydroxylation is 1. The number of aromatic amines is 1. The molecule has 30 heavy (non-hydrogen) atoms. The average molecular weight is 439 g/mol. The zero-order valence-corrected chi connectivity index (χ0v) is 18.0. The molecule has 1 aliphatic rings. The maximum Gasteiger partial charge on any atom is 0.343 e. The molecule has 1 aromatic carbocycles. The van der Waals surface area contributed by atoms with Gasteiger partial charge in [0, 0.05) is 31.8 Å². The van der Waals surface area contributed by atoms with E-state index in [9.17, 15) is 4.79 Å². The number of rotatable bonds is 5. The molecule has 0 spiro atoms. The highest BCUT2D eigenvalue weighted by molar-refractivity contribution is 7.99. The van der Waals surface area contributed by atoms with Gasteiger partial charge in [-0.05, 0) is 41.8 Å². The summed E-state index contributed by atoms with van der Waals surface area (Å²) in [6.07, 6.45) is 4.47. The largest absolute Gasteiger partial charge is 0.343 e. The van der Waals surface area contributed by atoms with Crippen LogP contribution in [0.2, 0.25) is 5.02 Å². The molecule has 0 unspecified atom stereocenters. The normalized spacial score (nSPS) is 18.0. The Balaban J connectivity index is 1.37. The van der Waals surface area contributed by atoms with Crippen molar-refractivity contribution in [3.8, 4) is 11.3 Å². The van der Waals surface area contributed by atoms with Crippen LogP contribution in [0.25, 0.3) is 11.3 Å². The summed E-state index contributed by atoms with van der Waals surface area (Å²) >= 11 is 7.51. The third kappa shape index (κ3) is 3.46. The number of pyridine rings is 1. The lowest BCUT2D eigenvalue weighted by Crippen LogP contribution is -2.14. The summed E-state index contributed by atoms with van der Waals surface area (Å²) in [5, 5.41) is 9.21. The minimum atomic E-state index is -0.165. The topological polar surface area (TPSA) is 81.4 Å². The van der Waals surface area contributed by atoms with E-state index in [0.717, 1.165) is 33.6 Å². The van der Waals surface area contributed by atoms with Crippen LogP contribution in [0.4, 0.5) is 0 Å². The first-order chi connectivity index (χ1) is 14.5. The van der Waals surface area contributed by atoms with Crippen molar-refractivity contribution < 1.29 is 0 Å². The van der Waals surface area contributed by atoms with Crippen molar-refractivity contribution in [2.45, 2.75) is 28.3 Å². The van der Waals surface area contributed by atoms with E-state index in [0.29, 0.717) is 10.9 Å². The molecule has 0 saturated heterocycles. The molecular formula is C21H19ClN6OS. The van der Waals surface area contributed by atoms with Crippen LogP contribution in [-0.4, -0.2) is 29.3 Å². The maximum absolute atomic E-state index is 11.6. The fourth-order valence-electron chi connectivity index (χ4n) is 3.69. The third-order valence-corrected chi connectivity index (χ3v) is 6.78. The predicted molar refractivity (Wildman–Crippen MR) is 116 cm³/mol. The Morgan fingerprint density at radius 3 is 2.57 bits per heavy atom. The first-order valence-corrected chi connectivity index (χ1v) is 10.7. The highest BCUT2D eigenvalue weighted by atomic mass is 35.5. The van der Waals surface area contributed by atoms with Gasteiger partial charge in [0.05, 0.1) is 11.3 Å². The van der Waals surface area contributed by atoms with Gasteiger partial charge in [-0.3, -0.25) is 4.57 Å². The van der Waals surface area contributed by atoms with Gasteiger partial charge in [-0.15, -0.1) is 0 Å². The van der Waals surface area contributed by atoms with Crippen molar-refractivity contribution in [1.82, 2.24) is 29.3 Å². The molecule has 0 amide bonds. The van der Waals surface area contributed by atoms with E-state index in [1.54, 1.807) is 29.6 Å². The van der Waals surface area contributed by atoms with Crippen LogP contribution in [0, 0.1) is 0 Å². The minimum absolute atomic E-state index is 0.165. The molecule has 152 valence electrons. The second-order valence-corrected chi connectivity index (χ2v) is 8.89. The van der Waals surface area contributed by atoms with Crippen molar-refractivity contribution in [3.63, 3.8) is 0 Å². The Bertz CT molecular complexity index is 1260. The summed E-state index contributed by atoms with van der Waals surface area (Å²) in [7, 11) is 3.74. The fourth-order valence-corrected chi connectivity index (χ4v) is 4.70. The van der Waals surface area contributed by atoms with Gasteiger partial charge in [0.25, 0.3) is 0 Å². The lowest BCUT2D eigenvalue weighted by atomic mass is 10.1. The number of halogens is 1. The van der Waals surface area contributed by atoms with Gasteiger partial charge in [0.15, 0.2) is 0 Å². The van der Waals surface area contributed by atoms with Crippen LogP contribution in [0.3, 0.4) is 0 Å². The Kier molecular flexibility index (Phi) is 4.75. The predicted octanol–water partition coefficient (Wildman–Crippen LogP) is 3.98. The van der Waals surface area contributed by atoms with E-state index in [-0.39, 0.29) is 11.6 Å². The Morgan fingerprint density at radius 2 is 1.90 bits per heavy atom. The van der Waals surface area contributed by atoms with Crippen LogP contribution in [0.15, 0.2) is 63.8 Å². The molecule has 1 aliphatic carbocycles. The van der Waals surface area contributed by atoms with E-state index in [4.69, 9.17) is 11.6 Å². The third-order valence-electron chi connectivity index (χ3n) is 5.43. The lowest BCUT2D eigenvalue weighted by molar-refractivity contribution is 0.767. The van der Waals surface area contributed by atoms with E-state index >= 15 is 0 Å². The number of H-pyrrole nitrogens is 1. The van der Waals surface area contributed by atoms with Gasteiger partial charge in [0.1, 0.15) is 21.6 Å². The van der Waals surface area contributed by atoms with Crippen LogP contribution < -0.4 is 5.69 Å². The maximum atomic E-state index is 11.6. The number of imidazole rings is 1. The quantitative estimate of drug-likeness (QED) is 0.509. The standard InChI is InChI=1S/C21H19ClN6OS/c1-27-11-24-18(20(27)30-17-8-7-14(22)10-23-17)13-5-3-12(4-6-13)15-9-16(15)19-25-26-21(29)28(19)2/h3-8,10-11,15-16H,9H2,1-2H3,(H,26,29)/t15-,16+/m1/s1. The summed E-state index contributed by atoms with van der Waals surface area (Å²) in [6.45, 7) is 0. The molecule has 1 saturated carbocycles. The number of benzene rings is 1. The van der Waals surface area contributed by atoms with Crippen molar-refractivity contribution in [2.75, 3.05) is 0 Å². The first-order valence-electron chi connectivity index (χ1n) is 9.53. The molecule has 7 nitrogen and oxygen atoms in total. The Hall–Kier alpha value is -2.84. The van der Waals surface area contributed by atoms with Gasteiger partial charge in [-0.1, -0.05) is 35.9 Å². The number of nitrogens with one attached hydrogen (secondary N) is 1. The molecule has 3 aromatic heterocycles. The van der Waals surface area contributed by atoms with E-state index in [1.165, 1.54) is 5.56 Å². The number of nitrogens with zero attached hydrogens (tertiary/aromatic N) is 5. The van der Waals surface area contributed by atoms with Crippen LogP contribution in [-0.2, 0) is 14.1 Å². The van der Waals surface area contributed by atoms with E-state index < -0.39 is 0 Å². The molecule has 5 rings (SSSR count). The van der Waals surface area contributed by atoms with E-state index in [1.807, 2.05) is 30.1 Å². The SMILES string of the molecule is Cn1cnc(-c2ccc([C@H]3C[C@@H]3c3n[nH]c(=O)n3C)cc2)c1Sc1ccc(Cl)cn1. The Labute approximate surface area is 182 Å². The van der Waals surface area contributed by atoms with Gasteiger partial charge in [-0.25, -0.2) is 19.9 Å². The molecule has 1 N–H and O–H groups in total. The zero-order chi connectivity index (χ0) is 20.8. The molecule has 9 heteroatoms. The van der Waals surface area contributed by atoms with Crippen LogP contribution in [0.1, 0.15) is 29.6 Å². The summed E-state index contributed by atoms with van der Waals surface area (Å²) in [6, 6.07) is 12.3. The molecule has 0 bridgehead atoms. The molecule has 0 aliphatic heterocycles. The molecular weight excluding hydrogens is 420 g/mol. The number of hydrogen-bond donors (Lipinski definition) is 1. The monoisotopic (exact) mass is 438 g/mol. The second-order valence-electron chi connectivity index (χ2n) is 7.44. The van der Waals surface area contributed by atoms with Gasteiger partial charge >= 0.3 is 5.69 Å². The molecule has 1 fully saturated rings. The molecule has 2 atom stereocenters. The smallest absolute Gasteiger partial charge is 0.328 e. The summed E-state index contributed by atoms with van der Waals surface area (Å²) in [5.41, 5.74) is 3.07. The Morgan fingerprint density at radius 1 is 1.10 bits per heavy atom. The molecule has 0 radical (unpaired) electrons. The summed E-state index contributed by atoms with van der Waals surface area (Å²) < 4.78 is 3.60. The van der Waals surface area contributed by atoms with Crippen molar-refractivity contribution in [1.29, 1.82) is 0 Å². The molecule has 3 heterocycles. The summed E-state index contributed by atoms with van der Waals surface area (Å²) in [5.74, 6) is 1.51. The highest BCUT2D eigenvalue weighted by Crippen LogP contribution is 2.53. The van der Waals surface area contributed by atoms with Gasteiger partial charge in [-0.2, -0.15) is 5.10 Å². The lowest BCUT2D eigenvalue weighted by Gasteiger charge is -2.07. The first kappa shape index (κ1) is 19.1. The van der Waals surface area contributed by atoms with Crippen LogP contribution in [0.5, 0.6) is 0 Å². The number of aromatic nitrogens is 6. The summed E-state index contributed by atoms with van der Waals surface area (Å²) in [4.78, 5) is 20.6. The van der Waals surface area contributed by atoms with Crippen LogP contribution >= 0.6 is 23.4 Å². The fraction of sp³-hybridized carbons (Fsp3) is 0.238. The molecule has 4 aromatic rings. The van der Waals surface area contributed by atoms with Gasteiger partial charge in [0.2, 0.25) is 0 Å². The number of hydrogen-bond acceptors (Lipinski definition) is 5. The van der Waals surface area contributed by atoms with Crippen molar-refractivity contribution in [2.24, 2.45) is 14.1 Å². The second kappa shape index (κ2) is 7.45. The van der Waals surface area contributed by atoms with E-state index in [2.05, 4.69) is 44.4 Å². The van der Waals surface area contributed by atoms with Crippen molar-refractivity contribution in [3.05, 3.63) is 75.8 Å². The average Bonchev–Trinajstić information content (AvgIpc) is 3.36. The zero-order valence-electron chi connectivity index (χ0n) is 16.4. The van der Waals surface area contributed by atoms with Gasteiger partial charge < -0.3 is 4.57 Å². The van der Waals surface area contributed by atoms with Crippen molar-refractivity contribution >= 4 is 23.4 Å². The minimum Gasteiger partial charge on any atom is -0.328 e. The highest BCUT2D eigenvalue weighted by Gasteiger charge is 2.42.